The van der Waals surface area contributed by atoms with Gasteiger partial charge in [0.15, 0.2) is 0 Å². The Labute approximate surface area is 254 Å². The second-order valence-corrected chi connectivity index (χ2v) is 10.5. The van der Waals surface area contributed by atoms with E-state index < -0.39 is 17.7 Å². The number of carboxylic acids is 1. The summed E-state index contributed by atoms with van der Waals surface area (Å²) in [4.78, 5) is 25.7. The van der Waals surface area contributed by atoms with Crippen LogP contribution in [0.3, 0.4) is 0 Å². The van der Waals surface area contributed by atoms with Gasteiger partial charge in [-0.3, -0.25) is 9.59 Å². The fourth-order valence-electron chi connectivity index (χ4n) is 4.76. The van der Waals surface area contributed by atoms with E-state index in [1.807, 2.05) is 54.6 Å². The quantitative estimate of drug-likeness (QED) is 0.170. The summed E-state index contributed by atoms with van der Waals surface area (Å²) in [5.74, 6) is 0.214. The van der Waals surface area contributed by atoms with Crippen molar-refractivity contribution in [2.45, 2.75) is 45.0 Å². The zero-order valence-corrected chi connectivity index (χ0v) is 24.6. The van der Waals surface area contributed by atoms with Gasteiger partial charge in [-0.25, -0.2) is 0 Å². The molecule has 4 aromatic carbocycles. The maximum absolute atomic E-state index is 13.2. The molecular weight excluding hydrogens is 571 g/mol. The number of carbonyl (C=O) groups excluding carboxylic acids is 1. The number of carbonyl (C=O) groups is 2. The number of aliphatic carboxylic acids is 1. The lowest BCUT2D eigenvalue weighted by molar-refractivity contribution is -0.138. The molecule has 0 bridgehead atoms. The first kappa shape index (κ1) is 32.1. The zero-order valence-electron chi connectivity index (χ0n) is 24.6. The zero-order chi connectivity index (χ0) is 31.7. The van der Waals surface area contributed by atoms with Crippen molar-refractivity contribution < 1.29 is 37.3 Å². The summed E-state index contributed by atoms with van der Waals surface area (Å²) in [6.45, 7) is 0.293. The minimum atomic E-state index is -4.47. The Morgan fingerprint density at radius 3 is 2.20 bits per heavy atom. The molecule has 1 N–H and O–H groups in total. The number of nitrogens with zero attached hydrogens (tertiary/aromatic N) is 1. The van der Waals surface area contributed by atoms with Gasteiger partial charge in [-0.05, 0) is 82.6 Å². The van der Waals surface area contributed by atoms with Crippen molar-refractivity contribution in [3.05, 3.63) is 119 Å². The van der Waals surface area contributed by atoms with Crippen LogP contribution in [0.15, 0.2) is 91.0 Å². The van der Waals surface area contributed by atoms with Crippen LogP contribution in [-0.4, -0.2) is 36.0 Å². The SMILES string of the molecule is COc1ccc(CCC(=O)N(C)Cc2cccc(-c3ccc(CCC(=O)O)c(OCc4cccc(C(F)(F)F)c4)c3)c2)cc1. The highest BCUT2D eigenvalue weighted by atomic mass is 19.4. The Morgan fingerprint density at radius 1 is 0.795 bits per heavy atom. The Balaban J connectivity index is 1.47. The van der Waals surface area contributed by atoms with E-state index in [0.717, 1.165) is 40.1 Å². The largest absolute Gasteiger partial charge is 0.497 e. The maximum atomic E-state index is 13.2. The van der Waals surface area contributed by atoms with Crippen LogP contribution < -0.4 is 9.47 Å². The van der Waals surface area contributed by atoms with Crippen LogP contribution >= 0.6 is 0 Å². The molecule has 0 saturated heterocycles. The number of rotatable bonds is 13. The molecule has 0 heterocycles. The Kier molecular flexibility index (Phi) is 10.7. The van der Waals surface area contributed by atoms with Crippen LogP contribution in [0.25, 0.3) is 11.1 Å². The lowest BCUT2D eigenvalue weighted by Crippen LogP contribution is -2.26. The first-order valence-corrected chi connectivity index (χ1v) is 14.1. The van der Waals surface area contributed by atoms with Crippen molar-refractivity contribution in [2.75, 3.05) is 14.2 Å². The molecule has 1 amide bonds. The van der Waals surface area contributed by atoms with Crippen LogP contribution in [0.4, 0.5) is 13.2 Å². The van der Waals surface area contributed by atoms with Crippen molar-refractivity contribution >= 4 is 11.9 Å². The molecule has 0 fully saturated rings. The van der Waals surface area contributed by atoms with E-state index in [9.17, 15) is 27.9 Å². The second-order valence-electron chi connectivity index (χ2n) is 10.5. The second kappa shape index (κ2) is 14.6. The number of benzene rings is 4. The highest BCUT2D eigenvalue weighted by Gasteiger charge is 2.30. The van der Waals surface area contributed by atoms with Gasteiger partial charge in [-0.2, -0.15) is 13.2 Å². The maximum Gasteiger partial charge on any atom is 0.416 e. The number of hydrogen-bond donors (Lipinski definition) is 1. The van der Waals surface area contributed by atoms with E-state index >= 15 is 0 Å². The summed E-state index contributed by atoms with van der Waals surface area (Å²) in [6, 6.07) is 25.7. The predicted octanol–water partition coefficient (Wildman–Crippen LogP) is 7.57. The van der Waals surface area contributed by atoms with E-state index in [2.05, 4.69) is 0 Å². The molecule has 0 aromatic heterocycles. The molecule has 0 aliphatic heterocycles. The van der Waals surface area contributed by atoms with Crippen molar-refractivity contribution in [3.8, 4) is 22.6 Å². The lowest BCUT2D eigenvalue weighted by atomic mass is 9.99. The average molecular weight is 606 g/mol. The van der Waals surface area contributed by atoms with Crippen molar-refractivity contribution in [3.63, 3.8) is 0 Å². The molecule has 0 saturated carbocycles. The van der Waals surface area contributed by atoms with Gasteiger partial charge in [0, 0.05) is 26.4 Å². The van der Waals surface area contributed by atoms with Crippen molar-refractivity contribution in [1.29, 1.82) is 0 Å². The Bertz CT molecular complexity index is 1580. The topological polar surface area (TPSA) is 76.1 Å². The molecule has 4 rings (SSSR count). The minimum Gasteiger partial charge on any atom is -0.497 e. The molecule has 9 heteroatoms. The van der Waals surface area contributed by atoms with Crippen molar-refractivity contribution in [2.24, 2.45) is 0 Å². The summed E-state index contributed by atoms with van der Waals surface area (Å²) >= 11 is 0. The summed E-state index contributed by atoms with van der Waals surface area (Å²) in [7, 11) is 3.37. The summed E-state index contributed by atoms with van der Waals surface area (Å²) in [5.41, 5.74) is 3.84. The van der Waals surface area contributed by atoms with Gasteiger partial charge in [-0.15, -0.1) is 0 Å². The number of alkyl halides is 3. The van der Waals surface area contributed by atoms with Crippen LogP contribution in [0.5, 0.6) is 11.5 Å². The van der Waals surface area contributed by atoms with E-state index in [-0.39, 0.29) is 25.4 Å². The van der Waals surface area contributed by atoms with Crippen LogP contribution in [0.1, 0.15) is 40.7 Å². The molecule has 230 valence electrons. The molecule has 44 heavy (non-hydrogen) atoms. The number of aryl methyl sites for hydroxylation is 2. The molecule has 4 aromatic rings. The molecule has 0 radical (unpaired) electrons. The number of amides is 1. The molecule has 0 aliphatic carbocycles. The first-order valence-electron chi connectivity index (χ1n) is 14.1. The van der Waals surface area contributed by atoms with E-state index in [4.69, 9.17) is 9.47 Å². The fraction of sp³-hybridized carbons (Fsp3) is 0.257. The van der Waals surface area contributed by atoms with Crippen LogP contribution in [0, 0.1) is 0 Å². The smallest absolute Gasteiger partial charge is 0.416 e. The summed E-state index contributed by atoms with van der Waals surface area (Å²) < 4.78 is 50.7. The highest BCUT2D eigenvalue weighted by molar-refractivity contribution is 5.76. The molecule has 0 spiro atoms. The average Bonchev–Trinajstić information content (AvgIpc) is 3.01. The summed E-state index contributed by atoms with van der Waals surface area (Å²) in [6.07, 6.45) is -3.40. The number of hydrogen-bond acceptors (Lipinski definition) is 4. The lowest BCUT2D eigenvalue weighted by Gasteiger charge is -2.18. The third kappa shape index (κ3) is 9.10. The Hall–Kier alpha value is -4.79. The first-order chi connectivity index (χ1) is 21.0. The standard InChI is InChI=1S/C35H34F3NO5/c1-39(33(40)17-11-24-9-15-31(43-2)16-10-24)22-25-5-3-7-28(19-25)29-13-12-27(14-18-34(41)42)32(21-29)44-23-26-6-4-8-30(20-26)35(36,37)38/h3-10,12-13,15-16,19-21H,11,14,17-18,22-23H2,1-2H3,(H,41,42). The Morgan fingerprint density at radius 2 is 1.50 bits per heavy atom. The summed E-state index contributed by atoms with van der Waals surface area (Å²) in [5, 5.41) is 9.19. The number of carboxylic acid groups (broad SMARTS) is 1. The normalized spacial score (nSPS) is 11.2. The van der Waals surface area contributed by atoms with Gasteiger partial charge in [0.1, 0.15) is 18.1 Å². The number of methoxy groups -OCH3 is 1. The van der Waals surface area contributed by atoms with Gasteiger partial charge >= 0.3 is 12.1 Å². The molecular formula is C35H34F3NO5. The predicted molar refractivity (Wildman–Crippen MR) is 161 cm³/mol. The number of ether oxygens (including phenoxy) is 2. The molecule has 0 aliphatic rings. The van der Waals surface area contributed by atoms with E-state index in [0.29, 0.717) is 36.3 Å². The highest BCUT2D eigenvalue weighted by Crippen LogP contribution is 2.32. The fourth-order valence-corrected chi connectivity index (χ4v) is 4.76. The third-order valence-electron chi connectivity index (χ3n) is 7.22. The van der Waals surface area contributed by atoms with Gasteiger partial charge in [0.05, 0.1) is 12.7 Å². The molecule has 0 atom stereocenters. The minimum absolute atomic E-state index is 0.0132. The van der Waals surface area contributed by atoms with Gasteiger partial charge in [-0.1, -0.05) is 54.6 Å². The monoisotopic (exact) mass is 605 g/mol. The molecule has 0 unspecified atom stereocenters. The van der Waals surface area contributed by atoms with Gasteiger partial charge in [0.2, 0.25) is 5.91 Å². The molecule has 6 nitrogen and oxygen atoms in total. The third-order valence-corrected chi connectivity index (χ3v) is 7.22. The van der Waals surface area contributed by atoms with Gasteiger partial charge in [0.25, 0.3) is 0 Å². The van der Waals surface area contributed by atoms with Crippen LogP contribution in [0.2, 0.25) is 0 Å². The van der Waals surface area contributed by atoms with Crippen LogP contribution in [-0.2, 0) is 41.8 Å². The van der Waals surface area contributed by atoms with Crippen molar-refractivity contribution in [1.82, 2.24) is 4.90 Å². The van der Waals surface area contributed by atoms with E-state index in [1.54, 1.807) is 37.3 Å². The van der Waals surface area contributed by atoms with Gasteiger partial charge < -0.3 is 19.5 Å². The number of halogens is 3. The van der Waals surface area contributed by atoms with E-state index in [1.165, 1.54) is 6.07 Å².